The Kier molecular flexibility index (Phi) is 16.4. The molecule has 12 aromatic rings. The largest absolute Gasteiger partial charge is 0.497 e. The molecule has 490 valence electrons. The lowest BCUT2D eigenvalue weighted by molar-refractivity contribution is 0.00578. The first-order chi connectivity index (χ1) is 45.6. The molecule has 28 heteroatoms. The summed E-state index contributed by atoms with van der Waals surface area (Å²) in [6.45, 7) is 8.38. The Labute approximate surface area is 558 Å². The first-order valence-electron chi connectivity index (χ1n) is 29.9. The molecule has 22 nitrogen and oxygen atoms in total. The van der Waals surface area contributed by atoms with E-state index in [1.807, 2.05) is 93.0 Å². The first kappa shape index (κ1) is 64.7. The van der Waals surface area contributed by atoms with E-state index in [0.717, 1.165) is 59.5 Å². The molecule has 0 atom stereocenters. The quantitative estimate of drug-likeness (QED) is 0.121. The number of halogens is 3. The zero-order chi connectivity index (χ0) is 68.1. The van der Waals surface area contributed by atoms with Crippen molar-refractivity contribution in [3.8, 4) is 68.0 Å². The van der Waals surface area contributed by atoms with Gasteiger partial charge in [0, 0.05) is 108 Å². The van der Waals surface area contributed by atoms with Crippen LogP contribution >= 0.6 is 15.9 Å². The summed E-state index contributed by atoms with van der Waals surface area (Å²) in [5.74, 6) is -0.165. The van der Waals surface area contributed by atoms with E-state index in [-0.39, 0.29) is 33.8 Å². The number of rotatable bonds is 10. The highest BCUT2D eigenvalue weighted by molar-refractivity contribution is 9.10. The number of hydrogen-bond acceptors (Lipinski definition) is 16. The molecule has 96 heavy (non-hydrogen) atoms. The number of nitrogens with one attached hydrogen (secondary N) is 2. The van der Waals surface area contributed by atoms with E-state index in [1.165, 1.54) is 76.7 Å². The van der Waals surface area contributed by atoms with Crippen LogP contribution in [0.3, 0.4) is 0 Å². The number of nitrogens with zero attached hydrogens (tertiary/aromatic N) is 8. The second kappa shape index (κ2) is 24.3. The van der Waals surface area contributed by atoms with Crippen molar-refractivity contribution < 1.29 is 62.8 Å². The fourth-order valence-electron chi connectivity index (χ4n) is 11.5. The number of imidazole rings is 2. The summed E-state index contributed by atoms with van der Waals surface area (Å²) in [4.78, 5) is 44.5. The number of aromatic nitrogens is 6. The molecule has 8 aromatic heterocycles. The molecule has 0 aliphatic carbocycles. The highest BCUT2D eigenvalue weighted by Crippen LogP contribution is 2.46. The predicted molar refractivity (Wildman–Crippen MR) is 364 cm³/mol. The van der Waals surface area contributed by atoms with Gasteiger partial charge in [0.1, 0.15) is 70.2 Å². The minimum Gasteiger partial charge on any atom is -0.471 e. The number of benzene rings is 4. The Morgan fingerprint density at radius 3 is 1.51 bits per heavy atom. The van der Waals surface area contributed by atoms with Crippen LogP contribution in [0.15, 0.2) is 159 Å². The summed E-state index contributed by atoms with van der Waals surface area (Å²) in [5, 5.41) is 6.15. The van der Waals surface area contributed by atoms with E-state index in [2.05, 4.69) is 45.9 Å². The van der Waals surface area contributed by atoms with Crippen molar-refractivity contribution in [1.29, 1.82) is 0 Å². The number of carbonyl (C=O) groups is 2. The van der Waals surface area contributed by atoms with Gasteiger partial charge in [0.25, 0.3) is 11.8 Å². The summed E-state index contributed by atoms with van der Waals surface area (Å²) in [6.07, 6.45) is 9.44. The monoisotopic (exact) mass is 1400 g/mol. The van der Waals surface area contributed by atoms with Gasteiger partial charge in [-0.25, -0.2) is 45.6 Å². The van der Waals surface area contributed by atoms with Crippen molar-refractivity contribution in [1.82, 2.24) is 39.4 Å². The third-order valence-electron chi connectivity index (χ3n) is 17.4. The minimum absolute atomic E-state index is 0.228. The number of ether oxygens (including phenoxy) is 2. The van der Waals surface area contributed by atoms with Crippen LogP contribution in [0.25, 0.3) is 89.5 Å². The minimum atomic E-state index is -3.71. The van der Waals surface area contributed by atoms with Crippen LogP contribution in [-0.2, 0) is 42.6 Å². The van der Waals surface area contributed by atoms with E-state index in [0.29, 0.717) is 86.1 Å². The van der Waals surface area contributed by atoms with Crippen LogP contribution in [0.2, 0.25) is 0 Å². The van der Waals surface area contributed by atoms with Crippen LogP contribution in [0.1, 0.15) is 59.8 Å². The van der Waals surface area contributed by atoms with Gasteiger partial charge in [0.15, 0.2) is 0 Å². The van der Waals surface area contributed by atoms with Gasteiger partial charge in [-0.1, -0.05) is 12.1 Å². The van der Waals surface area contributed by atoms with E-state index in [1.54, 1.807) is 36.7 Å². The van der Waals surface area contributed by atoms with E-state index in [9.17, 15) is 35.2 Å². The standard InChI is InChI=1S/C31H24FN5O5S.C24H28BFN2O6S.C13H8BrN3O/c1-33-30(38)27-21-13-20(18-12-22-28-24(16-41-31(22)34-15-18)37-11-5-4-6-26(37)35-28)23(36(2)43(3,39)40)14-25(21)42-29(27)17-7-9-19(32)10-8-17;1-23(2)24(3,4)34-25(33-23)17-12-16-19(13-18(17)28(6)35(7,30)31)32-21(20(16)22(29)27-5)14-8-10-15(26)11-9-14;14-8-5-9-12-10(7-18-13(9)15-6-8)17-4-2-1-3-11(17)16-12/h4-15H,16H2,1-3H3,(H,33,38);8-13H,1-7H3,(H,27,29);1-6H,7H2. The number of anilines is 2. The van der Waals surface area contributed by atoms with E-state index >= 15 is 0 Å². The number of carbonyl (C=O) groups excluding carboxylic acids is 2. The highest BCUT2D eigenvalue weighted by atomic mass is 79.9. The molecule has 1 saturated heterocycles. The number of fused-ring (bicyclic) bond motifs is 12. The number of furan rings is 2. The molecular weight excluding hydrogens is 1340 g/mol. The lowest BCUT2D eigenvalue weighted by Gasteiger charge is -2.32. The van der Waals surface area contributed by atoms with Crippen molar-refractivity contribution >= 4 is 105 Å². The fraction of sp³-hybridized carbons (Fsp3) is 0.206. The van der Waals surface area contributed by atoms with Gasteiger partial charge >= 0.3 is 7.12 Å². The van der Waals surface area contributed by atoms with Crippen molar-refractivity contribution in [2.75, 3.05) is 49.3 Å². The molecule has 4 aromatic carbocycles. The summed E-state index contributed by atoms with van der Waals surface area (Å²) in [6, 6.07) is 33.2. The van der Waals surface area contributed by atoms with Gasteiger partial charge in [0.2, 0.25) is 31.8 Å². The van der Waals surface area contributed by atoms with Gasteiger partial charge in [-0.05, 0) is 141 Å². The van der Waals surface area contributed by atoms with Crippen LogP contribution in [0.5, 0.6) is 11.8 Å². The molecule has 0 spiro atoms. The fourth-order valence-corrected chi connectivity index (χ4v) is 12.9. The smallest absolute Gasteiger partial charge is 0.471 e. The average molecular weight is 1400 g/mol. The second-order valence-corrected chi connectivity index (χ2v) is 28.9. The molecule has 3 aliphatic rings. The molecule has 0 unspecified atom stereocenters. The van der Waals surface area contributed by atoms with Crippen LogP contribution in [-0.4, -0.2) is 116 Å². The lowest BCUT2D eigenvalue weighted by Crippen LogP contribution is -2.41. The van der Waals surface area contributed by atoms with Gasteiger partial charge in [0.05, 0.1) is 68.7 Å². The van der Waals surface area contributed by atoms with E-state index in [4.69, 9.17) is 32.6 Å². The average Bonchev–Trinajstić information content (AvgIpc) is 1.55. The second-order valence-electron chi connectivity index (χ2n) is 23.9. The topological polar surface area (TPSA) is 257 Å². The summed E-state index contributed by atoms with van der Waals surface area (Å²) in [7, 11) is -2.40. The van der Waals surface area contributed by atoms with Crippen molar-refractivity contribution in [3.63, 3.8) is 0 Å². The third-order valence-corrected chi connectivity index (χ3v) is 20.2. The van der Waals surface area contributed by atoms with Gasteiger partial charge in [-0.2, -0.15) is 0 Å². The Bertz CT molecular complexity index is 5380. The highest BCUT2D eigenvalue weighted by Gasteiger charge is 2.53. The number of amides is 2. The maximum atomic E-state index is 13.7. The normalized spacial score (nSPS) is 14.3. The SMILES string of the molecule is Brc1cnc2c(c1)-c1nc3ccccn3c1CO2.CNC(=O)c1c(-c2ccc(F)cc2)oc2cc(N(C)S(C)(=O)=O)c(-c3cnc4c(c3)-c3nc5ccccn5c3CO4)cc12.CNC(=O)c1c(-c2ccc(F)cc2)oc2cc(N(C)S(C)(=O)=O)c(B3OC(C)(C)C(C)(C)O3)cc12. The van der Waals surface area contributed by atoms with Crippen molar-refractivity contribution in [3.05, 3.63) is 185 Å². The van der Waals surface area contributed by atoms with Crippen molar-refractivity contribution in [2.45, 2.75) is 52.1 Å². The maximum absolute atomic E-state index is 13.7. The van der Waals surface area contributed by atoms with Gasteiger partial charge in [-0.3, -0.25) is 27.0 Å². The Morgan fingerprint density at radius 1 is 0.583 bits per heavy atom. The molecule has 0 bridgehead atoms. The van der Waals surface area contributed by atoms with Crippen LogP contribution < -0.4 is 34.2 Å². The summed E-state index contributed by atoms with van der Waals surface area (Å²) in [5.41, 5.74) is 9.66. The van der Waals surface area contributed by atoms with Gasteiger partial charge < -0.3 is 38.3 Å². The van der Waals surface area contributed by atoms with Crippen LogP contribution in [0, 0.1) is 11.6 Å². The van der Waals surface area contributed by atoms with E-state index < -0.39 is 61.8 Å². The molecule has 15 rings (SSSR count). The Balaban J connectivity index is 0.000000140. The van der Waals surface area contributed by atoms with Gasteiger partial charge in [-0.15, -0.1) is 0 Å². The molecule has 0 saturated carbocycles. The third kappa shape index (κ3) is 11.6. The molecule has 2 amide bonds. The number of hydrogen-bond donors (Lipinski definition) is 2. The molecule has 0 radical (unpaired) electrons. The molecular formula is C68H60BBrF2N10O12S2. The zero-order valence-corrected chi connectivity index (χ0v) is 56.5. The molecule has 3 aliphatic heterocycles. The number of pyridine rings is 4. The summed E-state index contributed by atoms with van der Waals surface area (Å²) < 4.78 is 121. The summed E-state index contributed by atoms with van der Waals surface area (Å²) >= 11 is 3.43. The Hall–Kier alpha value is -10.00. The lowest BCUT2D eigenvalue weighted by atomic mass is 9.77. The number of sulfonamides is 2. The van der Waals surface area contributed by atoms with Crippen LogP contribution in [0.4, 0.5) is 20.2 Å². The van der Waals surface area contributed by atoms with Crippen molar-refractivity contribution in [2.24, 2.45) is 0 Å². The first-order valence-corrected chi connectivity index (χ1v) is 34.4. The molecule has 11 heterocycles. The zero-order valence-electron chi connectivity index (χ0n) is 53.3. The Morgan fingerprint density at radius 2 is 1.03 bits per heavy atom. The molecule has 1 fully saturated rings. The maximum Gasteiger partial charge on any atom is 0.497 e. The predicted octanol–water partition coefficient (Wildman–Crippen LogP) is 11.6. The molecule has 2 N–H and O–H groups in total.